The van der Waals surface area contributed by atoms with E-state index < -0.39 is 22.0 Å². The summed E-state index contributed by atoms with van der Waals surface area (Å²) < 4.78 is 31.4. The van der Waals surface area contributed by atoms with Crippen LogP contribution in [0.3, 0.4) is 0 Å². The van der Waals surface area contributed by atoms with E-state index in [4.69, 9.17) is 4.74 Å². The number of hydrazone groups is 1. The summed E-state index contributed by atoms with van der Waals surface area (Å²) in [4.78, 5) is 12.4. The first-order valence-electron chi connectivity index (χ1n) is 7.95. The Bertz CT molecular complexity index is 930. The monoisotopic (exact) mass is 453 g/mol. The molecule has 0 aliphatic carbocycles. The molecule has 0 radical (unpaired) electrons. The van der Waals surface area contributed by atoms with Crippen LogP contribution in [-0.4, -0.2) is 39.9 Å². The summed E-state index contributed by atoms with van der Waals surface area (Å²) in [5.41, 5.74) is 3.52. The summed E-state index contributed by atoms with van der Waals surface area (Å²) in [6.07, 6.45) is 2.53. The fraction of sp³-hybridized carbons (Fsp3) is 0.222. The van der Waals surface area contributed by atoms with Gasteiger partial charge in [-0.2, -0.15) is 5.10 Å². The van der Waals surface area contributed by atoms with E-state index in [1.807, 2.05) is 24.3 Å². The average molecular weight is 454 g/mol. The number of halogens is 1. The van der Waals surface area contributed by atoms with Crippen molar-refractivity contribution in [1.82, 2.24) is 5.43 Å². The van der Waals surface area contributed by atoms with Crippen molar-refractivity contribution in [3.05, 3.63) is 58.6 Å². The molecule has 2 rings (SSSR count). The molecule has 2 aromatic rings. The molecule has 9 heteroatoms. The topological polar surface area (TPSA) is 88.1 Å². The van der Waals surface area contributed by atoms with Crippen LogP contribution in [0.2, 0.25) is 0 Å². The van der Waals surface area contributed by atoms with Gasteiger partial charge in [0.25, 0.3) is 5.91 Å². The summed E-state index contributed by atoms with van der Waals surface area (Å²) in [6, 6.07) is 12.8. The van der Waals surface area contributed by atoms with Crippen molar-refractivity contribution >= 4 is 43.8 Å². The number of hydrogen-bond acceptors (Lipinski definition) is 5. The molecule has 0 fully saturated rings. The molecule has 1 unspecified atom stereocenters. The van der Waals surface area contributed by atoms with Crippen molar-refractivity contribution in [2.24, 2.45) is 5.10 Å². The van der Waals surface area contributed by atoms with Gasteiger partial charge in [-0.25, -0.2) is 13.8 Å². The average Bonchev–Trinajstić information content (AvgIpc) is 2.62. The van der Waals surface area contributed by atoms with Crippen molar-refractivity contribution < 1.29 is 17.9 Å². The smallest absolute Gasteiger partial charge is 0.263 e. The highest BCUT2D eigenvalue weighted by Gasteiger charge is 2.29. The first-order valence-corrected chi connectivity index (χ1v) is 10.6. The number of amides is 1. The molecular weight excluding hydrogens is 434 g/mol. The largest absolute Gasteiger partial charge is 0.497 e. The normalized spacial score (nSPS) is 12.6. The number of methoxy groups -OCH3 is 1. The fourth-order valence-corrected chi connectivity index (χ4v) is 3.94. The standard InChI is InChI=1S/C18H20BrN3O4S/c1-13(18(23)21-20-12-14-6-4-5-7-17(14)19)22(27(3,24)25)15-8-10-16(26-2)11-9-15/h4-13H,1-3H3,(H,21,23). The van der Waals surface area contributed by atoms with Crippen LogP contribution in [0.4, 0.5) is 5.69 Å². The SMILES string of the molecule is COc1ccc(N(C(C)C(=O)NN=Cc2ccccc2Br)S(C)(=O)=O)cc1. The Morgan fingerprint density at radius 3 is 2.41 bits per heavy atom. The molecule has 0 aromatic heterocycles. The molecule has 27 heavy (non-hydrogen) atoms. The van der Waals surface area contributed by atoms with Gasteiger partial charge in [0, 0.05) is 10.0 Å². The molecular formula is C18H20BrN3O4S. The van der Waals surface area contributed by atoms with Gasteiger partial charge in [0.1, 0.15) is 11.8 Å². The highest BCUT2D eigenvalue weighted by molar-refractivity contribution is 9.10. The molecule has 0 bridgehead atoms. The van der Waals surface area contributed by atoms with Crippen LogP contribution in [-0.2, 0) is 14.8 Å². The number of carbonyl (C=O) groups is 1. The maximum Gasteiger partial charge on any atom is 0.263 e. The highest BCUT2D eigenvalue weighted by atomic mass is 79.9. The van der Waals surface area contributed by atoms with Gasteiger partial charge in [-0.15, -0.1) is 0 Å². The lowest BCUT2D eigenvalue weighted by molar-refractivity contribution is -0.121. The first-order chi connectivity index (χ1) is 12.7. The van der Waals surface area contributed by atoms with Gasteiger partial charge in [0.2, 0.25) is 10.0 Å². The van der Waals surface area contributed by atoms with Crippen LogP contribution in [0.25, 0.3) is 0 Å². The third-order valence-electron chi connectivity index (χ3n) is 3.70. The van der Waals surface area contributed by atoms with Gasteiger partial charge >= 0.3 is 0 Å². The Kier molecular flexibility index (Phi) is 6.98. The zero-order valence-electron chi connectivity index (χ0n) is 15.1. The molecule has 0 aliphatic rings. The van der Waals surface area contributed by atoms with Crippen LogP contribution in [0.5, 0.6) is 5.75 Å². The number of rotatable bonds is 7. The number of hydrogen-bond donors (Lipinski definition) is 1. The van der Waals surface area contributed by atoms with Crippen LogP contribution in [0, 0.1) is 0 Å². The van der Waals surface area contributed by atoms with Crippen molar-refractivity contribution in [1.29, 1.82) is 0 Å². The quantitative estimate of drug-likeness (QED) is 0.515. The number of sulfonamides is 1. The molecule has 1 atom stereocenters. The molecule has 0 spiro atoms. The summed E-state index contributed by atoms with van der Waals surface area (Å²) in [5, 5.41) is 3.91. The van der Waals surface area contributed by atoms with Gasteiger partial charge in [0.05, 0.1) is 25.3 Å². The predicted octanol–water partition coefficient (Wildman–Crippen LogP) is 2.76. The summed E-state index contributed by atoms with van der Waals surface area (Å²) >= 11 is 3.38. The van der Waals surface area contributed by atoms with Gasteiger partial charge < -0.3 is 4.74 Å². The van der Waals surface area contributed by atoms with E-state index in [2.05, 4.69) is 26.5 Å². The number of ether oxygens (including phenoxy) is 1. The summed E-state index contributed by atoms with van der Waals surface area (Å²) in [6.45, 7) is 1.49. The Hall–Kier alpha value is -2.39. The van der Waals surface area contributed by atoms with Crippen molar-refractivity contribution in [2.45, 2.75) is 13.0 Å². The third kappa shape index (κ3) is 5.54. The molecule has 7 nitrogen and oxygen atoms in total. The Labute approximate surface area is 167 Å². The lowest BCUT2D eigenvalue weighted by Crippen LogP contribution is -2.46. The Balaban J connectivity index is 2.18. The fourth-order valence-electron chi connectivity index (χ4n) is 2.38. The number of anilines is 1. The predicted molar refractivity (Wildman–Crippen MR) is 110 cm³/mol. The minimum absolute atomic E-state index is 0.357. The number of nitrogens with one attached hydrogen (secondary N) is 1. The van der Waals surface area contributed by atoms with E-state index >= 15 is 0 Å². The zero-order valence-corrected chi connectivity index (χ0v) is 17.5. The lowest BCUT2D eigenvalue weighted by Gasteiger charge is -2.27. The van der Waals surface area contributed by atoms with E-state index in [9.17, 15) is 13.2 Å². The minimum atomic E-state index is -3.69. The molecule has 144 valence electrons. The number of nitrogens with zero attached hydrogens (tertiary/aromatic N) is 2. The zero-order chi connectivity index (χ0) is 20.0. The summed E-state index contributed by atoms with van der Waals surface area (Å²) in [7, 11) is -2.18. The molecule has 0 saturated carbocycles. The van der Waals surface area contributed by atoms with Gasteiger partial charge in [-0.1, -0.05) is 34.1 Å². The second-order valence-corrected chi connectivity index (χ2v) is 8.40. The van der Waals surface area contributed by atoms with Gasteiger partial charge in [0.15, 0.2) is 0 Å². The van der Waals surface area contributed by atoms with Gasteiger partial charge in [-0.3, -0.25) is 9.10 Å². The van der Waals surface area contributed by atoms with Crippen LogP contribution in [0.1, 0.15) is 12.5 Å². The highest BCUT2D eigenvalue weighted by Crippen LogP contribution is 2.23. The lowest BCUT2D eigenvalue weighted by atomic mass is 10.2. The van der Waals surface area contributed by atoms with Crippen LogP contribution in [0.15, 0.2) is 58.1 Å². The van der Waals surface area contributed by atoms with E-state index in [1.54, 1.807) is 24.3 Å². The van der Waals surface area contributed by atoms with Crippen LogP contribution >= 0.6 is 15.9 Å². The molecule has 2 aromatic carbocycles. The summed E-state index contributed by atoms with van der Waals surface area (Å²) in [5.74, 6) is 0.0295. The van der Waals surface area contributed by atoms with E-state index in [-0.39, 0.29) is 0 Å². The molecule has 1 N–H and O–H groups in total. The van der Waals surface area contributed by atoms with Crippen LogP contribution < -0.4 is 14.5 Å². The van der Waals surface area contributed by atoms with E-state index in [0.29, 0.717) is 11.4 Å². The molecule has 0 aliphatic heterocycles. The Morgan fingerprint density at radius 2 is 1.85 bits per heavy atom. The number of benzene rings is 2. The third-order valence-corrected chi connectivity index (χ3v) is 5.66. The van der Waals surface area contributed by atoms with E-state index in [0.717, 1.165) is 20.6 Å². The van der Waals surface area contributed by atoms with Crippen molar-refractivity contribution in [2.75, 3.05) is 17.7 Å². The number of carbonyl (C=O) groups excluding carboxylic acids is 1. The van der Waals surface area contributed by atoms with Crippen molar-refractivity contribution in [3.8, 4) is 5.75 Å². The Morgan fingerprint density at radius 1 is 1.22 bits per heavy atom. The molecule has 1 amide bonds. The van der Waals surface area contributed by atoms with E-state index in [1.165, 1.54) is 20.2 Å². The maximum absolute atomic E-state index is 12.4. The first kappa shape index (κ1) is 20.9. The minimum Gasteiger partial charge on any atom is -0.497 e. The second kappa shape index (κ2) is 9.01. The second-order valence-electron chi connectivity index (χ2n) is 5.69. The van der Waals surface area contributed by atoms with Crippen molar-refractivity contribution in [3.63, 3.8) is 0 Å². The molecule has 0 saturated heterocycles. The molecule has 0 heterocycles. The van der Waals surface area contributed by atoms with Gasteiger partial charge in [-0.05, 0) is 37.3 Å². The maximum atomic E-state index is 12.4.